The predicted octanol–water partition coefficient (Wildman–Crippen LogP) is -2.11. The first-order chi connectivity index (χ1) is 3.39. The molecule has 3 heteroatoms. The molecule has 0 fully saturated rings. The maximum absolute atomic E-state index is 3.81. The van der Waals surface area contributed by atoms with Crippen LogP contribution in [-0.2, 0) is 0 Å². The Hall–Kier alpha value is 0.266. The Morgan fingerprint density at radius 3 is 1.89 bits per heavy atom. The normalized spacial score (nSPS) is 6.67. The Morgan fingerprint density at radius 2 is 1.67 bits per heavy atom. The zero-order valence-corrected chi connectivity index (χ0v) is 8.05. The van der Waals surface area contributed by atoms with Crippen LogP contribution in [-0.4, -0.2) is 28.0 Å². The van der Waals surface area contributed by atoms with Gasteiger partial charge in [0.05, 0.1) is 0 Å². The van der Waals surface area contributed by atoms with Crippen molar-refractivity contribution in [1.82, 2.24) is 4.98 Å². The summed E-state index contributed by atoms with van der Waals surface area (Å²) >= 11 is 0. The van der Waals surface area contributed by atoms with Crippen molar-refractivity contribution in [3.8, 4) is 0 Å². The van der Waals surface area contributed by atoms with Crippen LogP contribution in [0.5, 0.6) is 0 Å². The van der Waals surface area contributed by atoms with Gasteiger partial charge < -0.3 is 17.0 Å². The maximum atomic E-state index is 3.81. The van der Waals surface area contributed by atoms with Gasteiger partial charge in [0.15, 0.2) is 0 Å². The average molecular weight is 196 g/mol. The van der Waals surface area contributed by atoms with E-state index in [9.17, 15) is 0 Å². The van der Waals surface area contributed by atoms with E-state index in [0.29, 0.717) is 0 Å². The Kier molecular flexibility index (Phi) is 8.51. The van der Waals surface area contributed by atoms with Gasteiger partial charge >= 0.3 is 23.1 Å². The first-order valence-corrected chi connectivity index (χ1v) is 2.11. The van der Waals surface area contributed by atoms with Crippen molar-refractivity contribution in [1.29, 1.82) is 0 Å². The number of aromatic nitrogens is 1. The topological polar surface area (TPSA) is 12.9 Å². The van der Waals surface area contributed by atoms with E-state index in [1.165, 1.54) is 0 Å². The Balaban J connectivity index is 0. The van der Waals surface area contributed by atoms with Crippen molar-refractivity contribution >= 4 is 23.1 Å². The summed E-state index contributed by atoms with van der Waals surface area (Å²) in [5.41, 5.74) is 1.01. The molecule has 0 aliphatic carbocycles. The molecule has 0 bridgehead atoms. The van der Waals surface area contributed by atoms with E-state index in [2.05, 4.69) is 11.9 Å². The number of pyridine rings is 1. The minimum absolute atomic E-state index is 0. The third kappa shape index (κ3) is 4.75. The van der Waals surface area contributed by atoms with Gasteiger partial charge in [-0.1, -0.05) is 0 Å². The van der Waals surface area contributed by atoms with E-state index in [1.807, 2.05) is 12.1 Å². The van der Waals surface area contributed by atoms with Gasteiger partial charge in [-0.05, 0) is 12.4 Å². The Bertz CT molecular complexity index is 143. The molecule has 0 radical (unpaired) electrons. The standard InChI is InChI=1S/C6H6N.BrH.Mg/c1-6-2-4-7-5-3-6;;/h2-5H,1H2;1H;/q-1;;+2/p-1. The fourth-order valence-corrected chi connectivity index (χ4v) is 0.383. The fourth-order valence-electron chi connectivity index (χ4n) is 0.383. The molecule has 1 aromatic rings. The van der Waals surface area contributed by atoms with Crippen molar-refractivity contribution in [2.75, 3.05) is 0 Å². The first-order valence-electron chi connectivity index (χ1n) is 2.11. The first kappa shape index (κ1) is 12.0. The number of nitrogens with zero attached hydrogens (tertiary/aromatic N) is 1. The molecule has 0 atom stereocenters. The van der Waals surface area contributed by atoms with Crippen LogP contribution in [0.25, 0.3) is 0 Å². The summed E-state index contributed by atoms with van der Waals surface area (Å²) in [5, 5.41) is 0. The molecule has 0 saturated heterocycles. The van der Waals surface area contributed by atoms with E-state index in [4.69, 9.17) is 0 Å². The number of rotatable bonds is 0. The summed E-state index contributed by atoms with van der Waals surface area (Å²) in [6.07, 6.45) is 3.45. The average Bonchev–Trinajstić information content (AvgIpc) is 1.69. The number of hydrogen-bond acceptors (Lipinski definition) is 1. The smallest absolute Gasteiger partial charge is 1.00 e. The van der Waals surface area contributed by atoms with Crippen LogP contribution in [0, 0.1) is 6.92 Å². The van der Waals surface area contributed by atoms with Crippen LogP contribution >= 0.6 is 0 Å². The van der Waals surface area contributed by atoms with Gasteiger partial charge in [0.25, 0.3) is 0 Å². The number of halogens is 1. The van der Waals surface area contributed by atoms with Gasteiger partial charge in [0.2, 0.25) is 0 Å². The summed E-state index contributed by atoms with van der Waals surface area (Å²) in [6, 6.07) is 3.72. The van der Waals surface area contributed by atoms with E-state index in [-0.39, 0.29) is 40.0 Å². The fraction of sp³-hybridized carbons (Fsp3) is 0. The van der Waals surface area contributed by atoms with Crippen LogP contribution in [0.2, 0.25) is 0 Å². The molecule has 0 aromatic carbocycles. The van der Waals surface area contributed by atoms with Gasteiger partial charge in [-0.15, -0.1) is 12.1 Å². The quantitative estimate of drug-likeness (QED) is 0.342. The monoisotopic (exact) mass is 195 g/mol. The van der Waals surface area contributed by atoms with Gasteiger partial charge in [0, 0.05) is 0 Å². The molecule has 1 nitrogen and oxygen atoms in total. The molecule has 0 saturated carbocycles. The summed E-state index contributed by atoms with van der Waals surface area (Å²) in [4.78, 5) is 3.81. The second-order valence-corrected chi connectivity index (χ2v) is 1.36. The Labute approximate surface area is 81.8 Å². The minimum atomic E-state index is 0. The van der Waals surface area contributed by atoms with E-state index >= 15 is 0 Å². The van der Waals surface area contributed by atoms with Crippen LogP contribution in [0.1, 0.15) is 5.56 Å². The summed E-state index contributed by atoms with van der Waals surface area (Å²) < 4.78 is 0. The summed E-state index contributed by atoms with van der Waals surface area (Å²) in [7, 11) is 0. The molecule has 0 aliphatic heterocycles. The second-order valence-electron chi connectivity index (χ2n) is 1.36. The van der Waals surface area contributed by atoms with Crippen molar-refractivity contribution in [2.24, 2.45) is 0 Å². The zero-order valence-electron chi connectivity index (χ0n) is 5.05. The van der Waals surface area contributed by atoms with Gasteiger partial charge in [-0.3, -0.25) is 4.98 Å². The van der Waals surface area contributed by atoms with Crippen LogP contribution in [0.3, 0.4) is 0 Å². The van der Waals surface area contributed by atoms with Gasteiger partial charge in [-0.2, -0.15) is 12.5 Å². The molecule has 1 heterocycles. The molecule has 0 unspecified atom stereocenters. The van der Waals surface area contributed by atoms with Crippen molar-refractivity contribution in [3.05, 3.63) is 37.0 Å². The maximum Gasteiger partial charge on any atom is 2.00 e. The summed E-state index contributed by atoms with van der Waals surface area (Å²) in [6.45, 7) is 3.68. The zero-order chi connectivity index (χ0) is 5.11. The van der Waals surface area contributed by atoms with E-state index in [0.717, 1.165) is 5.56 Å². The molecule has 0 spiro atoms. The van der Waals surface area contributed by atoms with E-state index < -0.39 is 0 Å². The van der Waals surface area contributed by atoms with Crippen molar-refractivity contribution in [3.63, 3.8) is 0 Å². The molecule has 0 amide bonds. The third-order valence-corrected chi connectivity index (χ3v) is 0.749. The minimum Gasteiger partial charge on any atom is -1.00 e. The van der Waals surface area contributed by atoms with Gasteiger partial charge in [0.1, 0.15) is 0 Å². The Morgan fingerprint density at radius 1 is 1.22 bits per heavy atom. The molecule has 1 aromatic heterocycles. The second kappa shape index (κ2) is 6.39. The van der Waals surface area contributed by atoms with Crippen LogP contribution < -0.4 is 17.0 Å². The van der Waals surface area contributed by atoms with E-state index in [1.54, 1.807) is 12.4 Å². The van der Waals surface area contributed by atoms with Gasteiger partial charge in [-0.25, -0.2) is 0 Å². The molecular weight excluding hydrogens is 190 g/mol. The molecule has 0 N–H and O–H groups in total. The molecule has 44 valence electrons. The summed E-state index contributed by atoms with van der Waals surface area (Å²) in [5.74, 6) is 0. The SMILES string of the molecule is [Br-].[CH2-]c1ccncc1.[Mg+2]. The molecular formula is C6H6BrMgN. The number of hydrogen-bond donors (Lipinski definition) is 0. The third-order valence-electron chi connectivity index (χ3n) is 0.749. The molecule has 9 heavy (non-hydrogen) atoms. The van der Waals surface area contributed by atoms with Crippen LogP contribution in [0.4, 0.5) is 0 Å². The predicted molar refractivity (Wildman–Crippen MR) is 34.5 cm³/mol. The van der Waals surface area contributed by atoms with Crippen molar-refractivity contribution in [2.45, 2.75) is 0 Å². The van der Waals surface area contributed by atoms with Crippen molar-refractivity contribution < 1.29 is 17.0 Å². The van der Waals surface area contributed by atoms with Crippen LogP contribution in [0.15, 0.2) is 24.5 Å². The molecule has 1 rings (SSSR count). The largest absolute Gasteiger partial charge is 2.00 e. The molecule has 0 aliphatic rings.